The van der Waals surface area contributed by atoms with Crippen molar-refractivity contribution in [3.8, 4) is 5.75 Å². The molecule has 0 radical (unpaired) electrons. The van der Waals surface area contributed by atoms with Crippen molar-refractivity contribution in [3.63, 3.8) is 0 Å². The number of aliphatic hydroxyl groups excluding tert-OH is 1. The normalized spacial score (nSPS) is 17.3. The highest BCUT2D eigenvalue weighted by atomic mass is 32.1. The summed E-state index contributed by atoms with van der Waals surface area (Å²) in [5.74, 6) is -2.96. The average Bonchev–Trinajstić information content (AvgIpc) is 3.37. The highest BCUT2D eigenvalue weighted by Gasteiger charge is 2.49. The van der Waals surface area contributed by atoms with Gasteiger partial charge in [-0.25, -0.2) is 13.8 Å². The Morgan fingerprint density at radius 1 is 1.09 bits per heavy atom. The first-order valence-corrected chi connectivity index (χ1v) is 11.6. The molecule has 1 N–H and O–H groups in total. The quantitative estimate of drug-likeness (QED) is 0.223. The van der Waals surface area contributed by atoms with Gasteiger partial charge in [0, 0.05) is 11.1 Å². The van der Waals surface area contributed by atoms with E-state index in [-0.39, 0.29) is 21.8 Å². The van der Waals surface area contributed by atoms with Crippen molar-refractivity contribution in [1.29, 1.82) is 0 Å². The molecule has 4 aromatic rings. The number of ether oxygens (including phenoxy) is 1. The summed E-state index contributed by atoms with van der Waals surface area (Å²) in [6, 6.07) is 14.7. The number of benzene rings is 3. The second kappa shape index (κ2) is 8.92. The van der Waals surface area contributed by atoms with Gasteiger partial charge < -0.3 is 9.84 Å². The second-order valence-electron chi connectivity index (χ2n) is 7.76. The van der Waals surface area contributed by atoms with Crippen molar-refractivity contribution in [2.45, 2.75) is 13.0 Å². The van der Waals surface area contributed by atoms with Crippen LogP contribution in [0.5, 0.6) is 5.75 Å². The molecule has 1 aliphatic heterocycles. The molecule has 1 aliphatic rings. The molecule has 1 saturated heterocycles. The van der Waals surface area contributed by atoms with Crippen LogP contribution in [0.2, 0.25) is 0 Å². The lowest BCUT2D eigenvalue weighted by Gasteiger charge is -2.23. The number of fused-ring (bicyclic) bond motifs is 1. The van der Waals surface area contributed by atoms with Crippen LogP contribution in [0.15, 0.2) is 72.3 Å². The lowest BCUT2D eigenvalue weighted by Crippen LogP contribution is -2.29. The van der Waals surface area contributed by atoms with E-state index in [2.05, 4.69) is 4.98 Å². The predicted molar refractivity (Wildman–Crippen MR) is 128 cm³/mol. The summed E-state index contributed by atoms with van der Waals surface area (Å²) >= 11 is 0.994. The molecule has 0 spiro atoms. The highest BCUT2D eigenvalue weighted by molar-refractivity contribution is 7.22. The lowest BCUT2D eigenvalue weighted by atomic mass is 9.95. The molecule has 0 saturated carbocycles. The summed E-state index contributed by atoms with van der Waals surface area (Å²) < 4.78 is 34.6. The van der Waals surface area contributed by atoms with Crippen LogP contribution in [0.1, 0.15) is 24.1 Å². The number of carbonyl (C=O) groups excluding carboxylic acids is 2. The summed E-state index contributed by atoms with van der Waals surface area (Å²) in [5, 5.41) is 11.2. The number of aliphatic hydroxyl groups is 1. The minimum Gasteiger partial charge on any atom is -0.507 e. The Balaban J connectivity index is 1.70. The molecule has 1 amide bonds. The van der Waals surface area contributed by atoms with E-state index in [1.54, 1.807) is 30.3 Å². The number of anilines is 1. The Morgan fingerprint density at radius 3 is 2.54 bits per heavy atom. The van der Waals surface area contributed by atoms with Gasteiger partial charge in [0.1, 0.15) is 29.2 Å². The zero-order valence-electron chi connectivity index (χ0n) is 18.4. The Hall–Kier alpha value is -4.11. The first kappa shape index (κ1) is 22.7. The molecule has 0 bridgehead atoms. The maximum absolute atomic E-state index is 15.0. The number of carbonyl (C=O) groups is 2. The molecule has 6 nitrogen and oxygen atoms in total. The number of halogens is 2. The van der Waals surface area contributed by atoms with Crippen molar-refractivity contribution in [2.24, 2.45) is 0 Å². The number of hydrogen-bond acceptors (Lipinski definition) is 6. The van der Waals surface area contributed by atoms with Crippen molar-refractivity contribution < 1.29 is 28.2 Å². The summed E-state index contributed by atoms with van der Waals surface area (Å²) in [7, 11) is 0. The van der Waals surface area contributed by atoms with E-state index in [0.29, 0.717) is 22.6 Å². The van der Waals surface area contributed by atoms with Crippen LogP contribution in [0.4, 0.5) is 13.9 Å². The molecule has 5 rings (SSSR count). The number of thiazole rings is 1. The van der Waals surface area contributed by atoms with Crippen LogP contribution in [0.25, 0.3) is 16.0 Å². The molecule has 0 aliphatic carbocycles. The number of rotatable bonds is 5. The summed E-state index contributed by atoms with van der Waals surface area (Å²) in [4.78, 5) is 31.9. The van der Waals surface area contributed by atoms with E-state index >= 15 is 0 Å². The molecule has 35 heavy (non-hydrogen) atoms. The highest BCUT2D eigenvalue weighted by Crippen LogP contribution is 2.45. The van der Waals surface area contributed by atoms with Crippen LogP contribution < -0.4 is 9.64 Å². The van der Waals surface area contributed by atoms with Crippen LogP contribution in [-0.4, -0.2) is 28.4 Å². The van der Waals surface area contributed by atoms with E-state index < -0.39 is 35.1 Å². The standard InChI is InChI=1S/C26H18F2N2O4S/c1-2-34-16-10-7-14(8-11-16)23(31)21-22(17-5-3-4-6-18(17)28)30(25(33)24(21)32)26-29-19-12-9-15(27)13-20(19)35-26/h3-13,22,31H,2H2,1H3/b23-21+/t22-/m0/s1. The number of nitrogens with zero attached hydrogens (tertiary/aromatic N) is 2. The summed E-state index contributed by atoms with van der Waals surface area (Å²) in [6.45, 7) is 2.29. The van der Waals surface area contributed by atoms with E-state index in [9.17, 15) is 23.5 Å². The van der Waals surface area contributed by atoms with Gasteiger partial charge in [-0.3, -0.25) is 14.5 Å². The van der Waals surface area contributed by atoms with Crippen molar-refractivity contribution >= 4 is 44.1 Å². The molecule has 2 heterocycles. The van der Waals surface area contributed by atoms with Gasteiger partial charge in [0.25, 0.3) is 5.78 Å². The second-order valence-corrected chi connectivity index (χ2v) is 8.77. The monoisotopic (exact) mass is 492 g/mol. The largest absolute Gasteiger partial charge is 0.507 e. The lowest BCUT2D eigenvalue weighted by molar-refractivity contribution is -0.132. The third-order valence-electron chi connectivity index (χ3n) is 5.63. The summed E-state index contributed by atoms with van der Waals surface area (Å²) in [6.07, 6.45) is 0. The van der Waals surface area contributed by atoms with Gasteiger partial charge >= 0.3 is 5.91 Å². The van der Waals surface area contributed by atoms with E-state index in [4.69, 9.17) is 4.74 Å². The topological polar surface area (TPSA) is 79.7 Å². The fourth-order valence-corrected chi connectivity index (χ4v) is 5.06. The molecule has 3 aromatic carbocycles. The van der Waals surface area contributed by atoms with Gasteiger partial charge in [-0.15, -0.1) is 0 Å². The molecular weight excluding hydrogens is 474 g/mol. The average molecular weight is 493 g/mol. The number of ketones is 1. The third kappa shape index (κ3) is 3.93. The third-order valence-corrected chi connectivity index (χ3v) is 6.65. The maximum Gasteiger partial charge on any atom is 0.301 e. The minimum atomic E-state index is -1.27. The van der Waals surface area contributed by atoms with Gasteiger partial charge in [-0.2, -0.15) is 0 Å². The van der Waals surface area contributed by atoms with Crippen LogP contribution in [0.3, 0.4) is 0 Å². The number of aromatic nitrogens is 1. The molecule has 9 heteroatoms. The van der Waals surface area contributed by atoms with E-state index in [1.165, 1.54) is 36.4 Å². The van der Waals surface area contributed by atoms with Gasteiger partial charge in [-0.05, 0) is 55.5 Å². The Labute approximate surface area is 202 Å². The smallest absolute Gasteiger partial charge is 0.301 e. The molecule has 0 unspecified atom stereocenters. The van der Waals surface area contributed by atoms with Crippen molar-refractivity contribution in [3.05, 3.63) is 95.1 Å². The Morgan fingerprint density at radius 2 is 1.83 bits per heavy atom. The Bertz CT molecular complexity index is 1500. The van der Waals surface area contributed by atoms with Crippen molar-refractivity contribution in [2.75, 3.05) is 11.5 Å². The van der Waals surface area contributed by atoms with Gasteiger partial charge in [0.15, 0.2) is 5.13 Å². The van der Waals surface area contributed by atoms with E-state index in [1.807, 2.05) is 6.92 Å². The van der Waals surface area contributed by atoms with Crippen molar-refractivity contribution in [1.82, 2.24) is 4.98 Å². The van der Waals surface area contributed by atoms with Crippen LogP contribution in [-0.2, 0) is 9.59 Å². The molecule has 1 aromatic heterocycles. The number of hydrogen-bond donors (Lipinski definition) is 1. The zero-order chi connectivity index (χ0) is 24.7. The first-order valence-electron chi connectivity index (χ1n) is 10.7. The number of amides is 1. The molecule has 1 atom stereocenters. The predicted octanol–water partition coefficient (Wildman–Crippen LogP) is 5.60. The molecule has 176 valence electrons. The van der Waals surface area contributed by atoms with Crippen LogP contribution in [0, 0.1) is 11.6 Å². The fraction of sp³-hybridized carbons (Fsp3) is 0.115. The molecular formula is C26H18F2N2O4S. The minimum absolute atomic E-state index is 0.0182. The fourth-order valence-electron chi connectivity index (χ4n) is 4.04. The SMILES string of the molecule is CCOc1ccc(/C(O)=C2\C(=O)C(=O)N(c3nc4ccc(F)cc4s3)[C@H]2c2ccccc2F)cc1. The van der Waals surface area contributed by atoms with Gasteiger partial charge in [0.05, 0.1) is 22.4 Å². The summed E-state index contributed by atoms with van der Waals surface area (Å²) in [5.41, 5.74) is 0.436. The van der Waals surface area contributed by atoms with Crippen LogP contribution >= 0.6 is 11.3 Å². The van der Waals surface area contributed by atoms with Gasteiger partial charge in [0.2, 0.25) is 0 Å². The van der Waals surface area contributed by atoms with Gasteiger partial charge in [-0.1, -0.05) is 29.5 Å². The first-order chi connectivity index (χ1) is 16.9. The maximum atomic E-state index is 15.0. The molecule has 1 fully saturated rings. The zero-order valence-corrected chi connectivity index (χ0v) is 19.2. The number of Topliss-reactive ketones (excluding diaryl/α,β-unsaturated/α-hetero) is 1. The van der Waals surface area contributed by atoms with E-state index in [0.717, 1.165) is 16.2 Å². The Kier molecular flexibility index (Phi) is 5.78.